The molecule has 0 aliphatic rings. The molecule has 20 heavy (non-hydrogen) atoms. The van der Waals surface area contributed by atoms with Gasteiger partial charge in [0.2, 0.25) is 0 Å². The van der Waals surface area contributed by atoms with Crippen molar-refractivity contribution in [3.8, 4) is 0 Å². The Kier molecular flexibility index (Phi) is 7.11. The maximum Gasteiger partial charge on any atom is 0.125 e. The van der Waals surface area contributed by atoms with E-state index in [1.165, 1.54) is 5.56 Å². The van der Waals surface area contributed by atoms with Crippen LogP contribution in [-0.2, 0) is 0 Å². The average molecular weight is 307 g/mol. The van der Waals surface area contributed by atoms with Crippen LogP contribution >= 0.6 is 11.2 Å². The molecule has 0 aliphatic carbocycles. The molecule has 0 radical (unpaired) electrons. The van der Waals surface area contributed by atoms with E-state index in [-0.39, 0.29) is 0 Å². The van der Waals surface area contributed by atoms with Gasteiger partial charge in [-0.1, -0.05) is 84.0 Å². The minimum atomic E-state index is -1.30. The third-order valence-corrected chi connectivity index (χ3v) is 16.8. The molecule has 0 bridgehead atoms. The highest BCUT2D eigenvalue weighted by molar-refractivity contribution is 8.29. The lowest BCUT2D eigenvalue weighted by atomic mass is 10.2. The summed E-state index contributed by atoms with van der Waals surface area (Å²) in [7, 11) is -1.30. The van der Waals surface area contributed by atoms with Crippen molar-refractivity contribution in [2.45, 2.75) is 58.2 Å². The Morgan fingerprint density at radius 2 is 1.40 bits per heavy atom. The number of hydrogen-bond donors (Lipinski definition) is 0. The second-order valence-electron chi connectivity index (χ2n) is 6.44. The normalized spacial score (nSPS) is 13.1. The van der Waals surface area contributed by atoms with Crippen LogP contribution in [0.5, 0.6) is 0 Å². The fraction of sp³-hybridized carbons (Fsp3) is 0.556. The van der Waals surface area contributed by atoms with Crippen molar-refractivity contribution in [3.05, 3.63) is 42.0 Å². The lowest BCUT2D eigenvalue weighted by Crippen LogP contribution is -2.41. The van der Waals surface area contributed by atoms with Crippen LogP contribution in [0, 0.1) is 0 Å². The molecule has 0 atom stereocenters. The fourth-order valence-corrected chi connectivity index (χ4v) is 13.1. The van der Waals surface area contributed by atoms with E-state index in [1.807, 2.05) is 0 Å². The number of benzene rings is 1. The first-order chi connectivity index (χ1) is 9.41. The molecular formula is C18H30SSi. The molecule has 1 aromatic rings. The van der Waals surface area contributed by atoms with Crippen molar-refractivity contribution in [2.75, 3.05) is 5.75 Å². The Morgan fingerprint density at radius 1 is 0.900 bits per heavy atom. The summed E-state index contributed by atoms with van der Waals surface area (Å²) in [6.07, 6.45) is 4.60. The van der Waals surface area contributed by atoms with E-state index in [2.05, 4.69) is 95.2 Å². The number of hydrogen-bond acceptors (Lipinski definition) is 1. The largest absolute Gasteiger partial charge is 0.180 e. The summed E-state index contributed by atoms with van der Waals surface area (Å²) < 4.78 is 0. The summed E-state index contributed by atoms with van der Waals surface area (Å²) in [4.78, 5) is 0. The quantitative estimate of drug-likeness (QED) is 0.511. The minimum absolute atomic E-state index is 0.831. The molecular weight excluding hydrogens is 276 g/mol. The SMILES string of the molecule is CC(C)[Si](SC/C=C/c1ccccc1)(C(C)C)C(C)C. The van der Waals surface area contributed by atoms with Crippen molar-refractivity contribution in [3.63, 3.8) is 0 Å². The van der Waals surface area contributed by atoms with Gasteiger partial charge < -0.3 is 0 Å². The van der Waals surface area contributed by atoms with Gasteiger partial charge in [-0.15, -0.1) is 0 Å². The first-order valence-corrected chi connectivity index (χ1v) is 11.7. The monoisotopic (exact) mass is 306 g/mol. The summed E-state index contributed by atoms with van der Waals surface area (Å²) in [5, 5.41) is 0. The molecule has 0 spiro atoms. The van der Waals surface area contributed by atoms with Crippen LogP contribution in [0.2, 0.25) is 16.6 Å². The van der Waals surface area contributed by atoms with Crippen LogP contribution in [0.25, 0.3) is 6.08 Å². The first kappa shape index (κ1) is 17.6. The van der Waals surface area contributed by atoms with E-state index >= 15 is 0 Å². The molecule has 1 aromatic carbocycles. The molecule has 0 heterocycles. The van der Waals surface area contributed by atoms with Crippen molar-refractivity contribution in [1.29, 1.82) is 0 Å². The van der Waals surface area contributed by atoms with Gasteiger partial charge in [0.1, 0.15) is 7.22 Å². The van der Waals surface area contributed by atoms with E-state index in [0.717, 1.165) is 22.4 Å². The lowest BCUT2D eigenvalue weighted by molar-refractivity contribution is 0.851. The van der Waals surface area contributed by atoms with Gasteiger partial charge in [0.15, 0.2) is 0 Å². The molecule has 0 fully saturated rings. The standard InChI is InChI=1S/C18H30SSi/c1-15(2)20(16(3)4,17(5)6)19-14-10-13-18-11-8-7-9-12-18/h7-13,15-17H,14H2,1-6H3/b13-10+. The van der Waals surface area contributed by atoms with E-state index in [0.29, 0.717) is 0 Å². The fourth-order valence-electron chi connectivity index (χ4n) is 3.44. The Balaban J connectivity index is 2.71. The van der Waals surface area contributed by atoms with Gasteiger partial charge in [0, 0.05) is 5.75 Å². The Morgan fingerprint density at radius 3 is 1.85 bits per heavy atom. The zero-order chi connectivity index (χ0) is 15.2. The van der Waals surface area contributed by atoms with E-state index in [4.69, 9.17) is 0 Å². The Hall–Kier alpha value is -0.473. The third-order valence-electron chi connectivity index (χ3n) is 4.25. The van der Waals surface area contributed by atoms with Gasteiger partial charge in [0.25, 0.3) is 0 Å². The van der Waals surface area contributed by atoms with Gasteiger partial charge in [-0.05, 0) is 22.2 Å². The van der Waals surface area contributed by atoms with Crippen molar-refractivity contribution in [2.24, 2.45) is 0 Å². The van der Waals surface area contributed by atoms with Crippen LogP contribution in [-0.4, -0.2) is 13.0 Å². The van der Waals surface area contributed by atoms with Crippen LogP contribution in [0.1, 0.15) is 47.1 Å². The van der Waals surface area contributed by atoms with Gasteiger partial charge in [0.05, 0.1) is 0 Å². The van der Waals surface area contributed by atoms with E-state index < -0.39 is 7.22 Å². The summed E-state index contributed by atoms with van der Waals surface area (Å²) in [6.45, 7) is 14.6. The van der Waals surface area contributed by atoms with Crippen molar-refractivity contribution in [1.82, 2.24) is 0 Å². The average Bonchev–Trinajstić information content (AvgIpc) is 2.38. The van der Waals surface area contributed by atoms with E-state index in [1.54, 1.807) is 0 Å². The number of rotatable bonds is 7. The van der Waals surface area contributed by atoms with Crippen molar-refractivity contribution >= 4 is 24.5 Å². The van der Waals surface area contributed by atoms with Gasteiger partial charge in [-0.25, -0.2) is 0 Å². The summed E-state index contributed by atoms with van der Waals surface area (Å²) in [5.74, 6) is 1.15. The van der Waals surface area contributed by atoms with Gasteiger partial charge in [-0.2, -0.15) is 11.2 Å². The summed E-state index contributed by atoms with van der Waals surface area (Å²) >= 11 is 2.26. The minimum Gasteiger partial charge on any atom is -0.180 e. The smallest absolute Gasteiger partial charge is 0.125 e. The van der Waals surface area contributed by atoms with Crippen LogP contribution in [0.4, 0.5) is 0 Å². The summed E-state index contributed by atoms with van der Waals surface area (Å²) in [5.41, 5.74) is 3.80. The second kappa shape index (κ2) is 8.09. The summed E-state index contributed by atoms with van der Waals surface area (Å²) in [6, 6.07) is 10.6. The molecule has 0 saturated carbocycles. The molecule has 0 aliphatic heterocycles. The van der Waals surface area contributed by atoms with Gasteiger partial charge >= 0.3 is 0 Å². The zero-order valence-electron chi connectivity index (χ0n) is 13.9. The molecule has 0 unspecified atom stereocenters. The van der Waals surface area contributed by atoms with Crippen LogP contribution < -0.4 is 0 Å². The molecule has 0 saturated heterocycles. The van der Waals surface area contributed by atoms with E-state index in [9.17, 15) is 0 Å². The molecule has 0 aromatic heterocycles. The first-order valence-electron chi connectivity index (χ1n) is 7.76. The van der Waals surface area contributed by atoms with Crippen LogP contribution in [0.3, 0.4) is 0 Å². The molecule has 0 N–H and O–H groups in total. The van der Waals surface area contributed by atoms with Crippen LogP contribution in [0.15, 0.2) is 36.4 Å². The Labute approximate surface area is 130 Å². The Bertz CT molecular complexity index is 385. The second-order valence-corrected chi connectivity index (χ2v) is 15.2. The predicted molar refractivity (Wildman–Crippen MR) is 99.0 cm³/mol. The highest BCUT2D eigenvalue weighted by Gasteiger charge is 2.42. The zero-order valence-corrected chi connectivity index (χ0v) is 15.7. The maximum atomic E-state index is 2.43. The maximum absolute atomic E-state index is 2.43. The molecule has 112 valence electrons. The molecule has 2 heteroatoms. The predicted octanol–water partition coefficient (Wildman–Crippen LogP) is 6.61. The van der Waals surface area contributed by atoms with Gasteiger partial charge in [-0.3, -0.25) is 0 Å². The highest BCUT2D eigenvalue weighted by atomic mass is 32.4. The highest BCUT2D eigenvalue weighted by Crippen LogP contribution is 2.49. The third kappa shape index (κ3) is 4.26. The van der Waals surface area contributed by atoms with Crippen molar-refractivity contribution < 1.29 is 0 Å². The molecule has 0 amide bonds. The molecule has 0 nitrogen and oxygen atoms in total. The molecule has 1 rings (SSSR count). The lowest BCUT2D eigenvalue weighted by Gasteiger charge is -2.42. The topological polar surface area (TPSA) is 0 Å².